The summed E-state index contributed by atoms with van der Waals surface area (Å²) in [7, 11) is 0. The average Bonchev–Trinajstić information content (AvgIpc) is 2.47. The first-order chi connectivity index (χ1) is 11.7. The molecule has 0 spiro atoms. The summed E-state index contributed by atoms with van der Waals surface area (Å²) in [5.74, 6) is -1.03. The number of carbonyl (C=O) groups excluding carboxylic acids is 1. The number of amides is 1. The van der Waals surface area contributed by atoms with Crippen LogP contribution in [0.1, 0.15) is 66.5 Å². The Labute approximate surface area is 157 Å². The Balaban J connectivity index is 2.96. The normalized spacial score (nSPS) is 13.4. The molecule has 0 saturated heterocycles. The lowest BCUT2D eigenvalue weighted by Gasteiger charge is -2.27. The minimum absolute atomic E-state index is 0.0158. The number of hydrogen-bond donors (Lipinski definition) is 2. The average molecular weight is 363 g/mol. The second kappa shape index (κ2) is 8.11. The number of hydrogen-bond acceptors (Lipinski definition) is 3. The minimum atomic E-state index is -1.04. The summed E-state index contributed by atoms with van der Waals surface area (Å²) in [6.45, 7) is 16.0. The Morgan fingerprint density at radius 2 is 1.65 bits per heavy atom. The molecule has 146 valence electrons. The fourth-order valence-corrected chi connectivity index (χ4v) is 2.58. The van der Waals surface area contributed by atoms with Crippen molar-refractivity contribution in [1.82, 2.24) is 5.32 Å². The van der Waals surface area contributed by atoms with Crippen LogP contribution in [-0.4, -0.2) is 29.6 Å². The van der Waals surface area contributed by atoms with E-state index in [1.807, 2.05) is 12.1 Å². The van der Waals surface area contributed by atoms with Crippen LogP contribution < -0.4 is 10.1 Å². The molecule has 0 heterocycles. The van der Waals surface area contributed by atoms with Crippen molar-refractivity contribution in [2.75, 3.05) is 6.61 Å². The van der Waals surface area contributed by atoms with Crippen LogP contribution in [0.4, 0.5) is 0 Å². The first kappa shape index (κ1) is 22.0. The van der Waals surface area contributed by atoms with Crippen LogP contribution in [0.3, 0.4) is 0 Å². The summed E-state index contributed by atoms with van der Waals surface area (Å²) >= 11 is 0. The topological polar surface area (TPSA) is 75.6 Å². The van der Waals surface area contributed by atoms with Crippen LogP contribution in [0.2, 0.25) is 0 Å². The predicted molar refractivity (Wildman–Crippen MR) is 104 cm³/mol. The molecule has 0 fully saturated rings. The molecule has 1 aromatic rings. The largest absolute Gasteiger partial charge is 0.483 e. The van der Waals surface area contributed by atoms with Gasteiger partial charge in [-0.15, -0.1) is 0 Å². The van der Waals surface area contributed by atoms with Crippen molar-refractivity contribution >= 4 is 11.9 Å². The maximum Gasteiger partial charge on any atom is 0.326 e. The molecule has 2 N–H and O–H groups in total. The summed E-state index contributed by atoms with van der Waals surface area (Å²) in [4.78, 5) is 23.3. The molecular weight excluding hydrogens is 330 g/mol. The Hall–Kier alpha value is -2.04. The molecule has 0 aliphatic rings. The van der Waals surface area contributed by atoms with Gasteiger partial charge in [-0.05, 0) is 33.9 Å². The number of aliphatic carboxylic acids is 1. The van der Waals surface area contributed by atoms with E-state index in [-0.39, 0.29) is 23.4 Å². The van der Waals surface area contributed by atoms with Gasteiger partial charge in [-0.1, -0.05) is 67.5 Å². The van der Waals surface area contributed by atoms with Crippen molar-refractivity contribution in [3.63, 3.8) is 0 Å². The molecule has 5 heteroatoms. The van der Waals surface area contributed by atoms with Crippen molar-refractivity contribution in [1.29, 1.82) is 0 Å². The molecule has 0 bridgehead atoms. The number of ether oxygens (including phenoxy) is 1. The Morgan fingerprint density at radius 1 is 1.08 bits per heavy atom. The molecule has 0 unspecified atom stereocenters. The van der Waals surface area contributed by atoms with E-state index in [2.05, 4.69) is 52.9 Å². The van der Waals surface area contributed by atoms with Gasteiger partial charge in [0, 0.05) is 0 Å². The van der Waals surface area contributed by atoms with Gasteiger partial charge in [-0.25, -0.2) is 4.79 Å². The van der Waals surface area contributed by atoms with E-state index in [4.69, 9.17) is 4.74 Å². The van der Waals surface area contributed by atoms with E-state index in [1.165, 1.54) is 5.56 Å². The van der Waals surface area contributed by atoms with Crippen molar-refractivity contribution in [2.24, 2.45) is 5.92 Å². The first-order valence-electron chi connectivity index (χ1n) is 9.03. The Bertz CT molecular complexity index is 651. The summed E-state index contributed by atoms with van der Waals surface area (Å²) in [5, 5.41) is 11.7. The zero-order valence-corrected chi connectivity index (χ0v) is 17.3. The first-order valence-corrected chi connectivity index (χ1v) is 9.03. The molecule has 0 radical (unpaired) electrons. The Morgan fingerprint density at radius 3 is 2.08 bits per heavy atom. The van der Waals surface area contributed by atoms with E-state index in [9.17, 15) is 14.7 Å². The molecule has 0 aliphatic carbocycles. The molecule has 1 aromatic carbocycles. The molecule has 0 saturated carbocycles. The summed E-state index contributed by atoms with van der Waals surface area (Å²) in [6.07, 6.45) is 0. The molecular formula is C21H33NO4. The van der Waals surface area contributed by atoms with Crippen LogP contribution in [0, 0.1) is 5.92 Å². The summed E-state index contributed by atoms with van der Waals surface area (Å²) in [6, 6.07) is 5.11. The number of carboxylic acid groups (broad SMARTS) is 1. The molecule has 0 aromatic heterocycles. The zero-order valence-electron chi connectivity index (χ0n) is 17.3. The maximum absolute atomic E-state index is 12.1. The Kier molecular flexibility index (Phi) is 6.86. The second-order valence-corrected chi connectivity index (χ2v) is 9.13. The highest BCUT2D eigenvalue weighted by atomic mass is 16.5. The highest BCUT2D eigenvalue weighted by molar-refractivity contribution is 5.84. The summed E-state index contributed by atoms with van der Waals surface area (Å²) < 4.78 is 5.75. The third-order valence-electron chi connectivity index (χ3n) is 4.26. The van der Waals surface area contributed by atoms with Crippen LogP contribution in [0.15, 0.2) is 18.2 Å². The van der Waals surface area contributed by atoms with Gasteiger partial charge in [-0.3, -0.25) is 4.79 Å². The summed E-state index contributed by atoms with van der Waals surface area (Å²) in [5.41, 5.74) is 2.09. The van der Waals surface area contributed by atoms with Gasteiger partial charge < -0.3 is 15.2 Å². The molecule has 0 aliphatic heterocycles. The minimum Gasteiger partial charge on any atom is -0.483 e. The molecule has 26 heavy (non-hydrogen) atoms. The fourth-order valence-electron chi connectivity index (χ4n) is 2.58. The van der Waals surface area contributed by atoms with E-state index in [0.29, 0.717) is 5.75 Å². The van der Waals surface area contributed by atoms with Gasteiger partial charge in [-0.2, -0.15) is 0 Å². The fraction of sp³-hybridized carbons (Fsp3) is 0.619. The molecule has 1 atom stereocenters. The molecule has 5 nitrogen and oxygen atoms in total. The predicted octanol–water partition coefficient (Wildman–Crippen LogP) is 3.89. The van der Waals surface area contributed by atoms with E-state index < -0.39 is 17.9 Å². The van der Waals surface area contributed by atoms with Crippen LogP contribution in [0.25, 0.3) is 0 Å². The highest BCUT2D eigenvalue weighted by Crippen LogP contribution is 2.35. The molecule has 1 rings (SSSR count). The lowest BCUT2D eigenvalue weighted by molar-refractivity contribution is -0.143. The third kappa shape index (κ3) is 6.04. The molecule has 1 amide bonds. The highest BCUT2D eigenvalue weighted by Gasteiger charge is 2.25. The van der Waals surface area contributed by atoms with Gasteiger partial charge in [0.05, 0.1) is 0 Å². The third-order valence-corrected chi connectivity index (χ3v) is 4.26. The second-order valence-electron chi connectivity index (χ2n) is 9.13. The van der Waals surface area contributed by atoms with E-state index in [1.54, 1.807) is 13.8 Å². The number of rotatable bonds is 6. The monoisotopic (exact) mass is 363 g/mol. The van der Waals surface area contributed by atoms with E-state index >= 15 is 0 Å². The SMILES string of the molecule is CC(C)[C@@H](NC(=O)COc1ccc(C(C)(C)C)cc1C(C)(C)C)C(=O)O. The van der Waals surface area contributed by atoms with Crippen LogP contribution in [-0.2, 0) is 20.4 Å². The number of carboxylic acids is 1. The van der Waals surface area contributed by atoms with Gasteiger partial charge in [0.2, 0.25) is 0 Å². The maximum atomic E-state index is 12.1. The zero-order chi connectivity index (χ0) is 20.3. The number of nitrogens with one attached hydrogen (secondary N) is 1. The smallest absolute Gasteiger partial charge is 0.326 e. The lowest BCUT2D eigenvalue weighted by atomic mass is 9.80. The van der Waals surface area contributed by atoms with Crippen molar-refractivity contribution in [2.45, 2.75) is 72.3 Å². The van der Waals surface area contributed by atoms with Crippen molar-refractivity contribution < 1.29 is 19.4 Å². The van der Waals surface area contributed by atoms with Gasteiger partial charge in [0.15, 0.2) is 6.61 Å². The van der Waals surface area contributed by atoms with Crippen LogP contribution >= 0.6 is 0 Å². The van der Waals surface area contributed by atoms with Crippen molar-refractivity contribution in [3.8, 4) is 5.75 Å². The number of benzene rings is 1. The quantitative estimate of drug-likeness (QED) is 0.804. The number of carbonyl (C=O) groups is 2. The lowest BCUT2D eigenvalue weighted by Crippen LogP contribution is -2.46. The van der Waals surface area contributed by atoms with Gasteiger partial charge in [0.25, 0.3) is 5.91 Å². The van der Waals surface area contributed by atoms with E-state index in [0.717, 1.165) is 5.56 Å². The standard InChI is InChI=1S/C21H33NO4/c1-13(2)18(19(24)25)22-17(23)12-26-16-10-9-14(20(3,4)5)11-15(16)21(6,7)8/h9-11,13,18H,12H2,1-8H3,(H,22,23)(H,24,25)/t18-/m1/s1. The van der Waals surface area contributed by atoms with Crippen LogP contribution in [0.5, 0.6) is 5.75 Å². The van der Waals surface area contributed by atoms with Crippen molar-refractivity contribution in [3.05, 3.63) is 29.3 Å². The van der Waals surface area contributed by atoms with Gasteiger partial charge in [0.1, 0.15) is 11.8 Å². The van der Waals surface area contributed by atoms with Gasteiger partial charge >= 0.3 is 5.97 Å².